The minimum atomic E-state index is -0.373. The Kier molecular flexibility index (Phi) is 4.14. The largest absolute Gasteiger partial charge is 0.389 e. The third kappa shape index (κ3) is 3.21. The van der Waals surface area contributed by atoms with Crippen molar-refractivity contribution in [2.45, 2.75) is 19.4 Å². The summed E-state index contributed by atoms with van der Waals surface area (Å²) in [4.78, 5) is 15.7. The van der Waals surface area contributed by atoms with Gasteiger partial charge in [0.25, 0.3) is 0 Å². The molecular formula is C14H16N4OS. The van der Waals surface area contributed by atoms with Gasteiger partial charge in [0, 0.05) is 17.8 Å². The van der Waals surface area contributed by atoms with E-state index >= 15 is 0 Å². The first-order chi connectivity index (χ1) is 9.47. The smallest absolute Gasteiger partial charge is 0.219 e. The Hall–Kier alpha value is -2.21. The Labute approximate surface area is 122 Å². The lowest BCUT2D eigenvalue weighted by atomic mass is 10.1. The van der Waals surface area contributed by atoms with E-state index in [0.29, 0.717) is 11.4 Å². The fourth-order valence-corrected chi connectivity index (χ4v) is 2.16. The molecule has 1 unspecified atom stereocenters. The Morgan fingerprint density at radius 1 is 1.40 bits per heavy atom. The first-order valence-electron chi connectivity index (χ1n) is 6.22. The predicted molar refractivity (Wildman–Crippen MR) is 84.5 cm³/mol. The number of para-hydroxylation sites is 1. The van der Waals surface area contributed by atoms with Crippen molar-refractivity contribution in [1.29, 1.82) is 0 Å². The first kappa shape index (κ1) is 14.2. The topological polar surface area (TPSA) is 94.0 Å². The average Bonchev–Trinajstić information content (AvgIpc) is 2.36. The number of nitrogens with one attached hydrogen (secondary N) is 1. The van der Waals surface area contributed by atoms with E-state index in [9.17, 15) is 4.79 Å². The minimum absolute atomic E-state index is 0.144. The molecule has 1 heterocycles. The zero-order valence-electron chi connectivity index (χ0n) is 11.1. The molecule has 0 fully saturated rings. The summed E-state index contributed by atoms with van der Waals surface area (Å²) in [5.74, 6) is 0.201. The Balaban J connectivity index is 2.41. The number of hydrogen-bond donors (Lipinski definition) is 3. The van der Waals surface area contributed by atoms with Gasteiger partial charge in [-0.15, -0.1) is 0 Å². The molecule has 1 atom stereocenters. The number of hydrogen-bond acceptors (Lipinski definition) is 4. The number of benzene rings is 1. The minimum Gasteiger partial charge on any atom is -0.389 e. The normalized spacial score (nSPS) is 12.1. The van der Waals surface area contributed by atoms with E-state index in [0.717, 1.165) is 10.9 Å². The Morgan fingerprint density at radius 2 is 2.10 bits per heavy atom. The van der Waals surface area contributed by atoms with E-state index in [1.54, 1.807) is 0 Å². The molecule has 0 saturated heterocycles. The van der Waals surface area contributed by atoms with Crippen LogP contribution in [-0.4, -0.2) is 21.9 Å². The number of primary amides is 1. The summed E-state index contributed by atoms with van der Waals surface area (Å²) in [6.45, 7) is 1.85. The molecule has 20 heavy (non-hydrogen) atoms. The molecule has 0 aliphatic carbocycles. The third-order valence-electron chi connectivity index (χ3n) is 2.88. The van der Waals surface area contributed by atoms with Gasteiger partial charge < -0.3 is 16.8 Å². The van der Waals surface area contributed by atoms with Gasteiger partial charge in [0.15, 0.2) is 0 Å². The molecular weight excluding hydrogens is 272 g/mol. The van der Waals surface area contributed by atoms with Crippen LogP contribution in [0.15, 0.2) is 30.3 Å². The summed E-state index contributed by atoms with van der Waals surface area (Å²) in [5, 5.41) is 4.10. The summed E-state index contributed by atoms with van der Waals surface area (Å²) < 4.78 is 0. The number of nitrogens with zero attached hydrogens (tertiary/aromatic N) is 1. The first-order valence-corrected chi connectivity index (χ1v) is 6.62. The lowest BCUT2D eigenvalue weighted by Gasteiger charge is -2.16. The number of carbonyl (C=O) groups is 1. The van der Waals surface area contributed by atoms with Gasteiger partial charge in [0.2, 0.25) is 5.91 Å². The lowest BCUT2D eigenvalue weighted by Crippen LogP contribution is -2.26. The van der Waals surface area contributed by atoms with Crippen LogP contribution in [0.25, 0.3) is 10.9 Å². The van der Waals surface area contributed by atoms with Crippen LogP contribution in [-0.2, 0) is 4.79 Å². The van der Waals surface area contributed by atoms with Gasteiger partial charge in [-0.1, -0.05) is 30.4 Å². The van der Waals surface area contributed by atoms with Crippen molar-refractivity contribution >= 4 is 39.8 Å². The predicted octanol–water partition coefficient (Wildman–Crippen LogP) is 1.54. The quantitative estimate of drug-likeness (QED) is 0.726. The van der Waals surface area contributed by atoms with E-state index in [2.05, 4.69) is 10.3 Å². The van der Waals surface area contributed by atoms with Gasteiger partial charge in [0.1, 0.15) is 10.8 Å². The standard InChI is InChI=1S/C14H16N4OS/c1-8(6-12(15)19)17-14-10(13(16)20)7-9-4-2-3-5-11(9)18-14/h2-5,7-8H,6H2,1H3,(H2,15,19)(H2,16,20)(H,17,18). The number of pyridine rings is 1. The van der Waals surface area contributed by atoms with E-state index in [1.165, 1.54) is 0 Å². The van der Waals surface area contributed by atoms with Crippen LogP contribution >= 0.6 is 12.2 Å². The molecule has 104 valence electrons. The fourth-order valence-electron chi connectivity index (χ4n) is 2.00. The molecule has 0 aliphatic heterocycles. The molecule has 0 aliphatic rings. The average molecular weight is 288 g/mol. The third-order valence-corrected chi connectivity index (χ3v) is 3.10. The van der Waals surface area contributed by atoms with E-state index < -0.39 is 0 Å². The highest BCUT2D eigenvalue weighted by atomic mass is 32.1. The highest BCUT2D eigenvalue weighted by Gasteiger charge is 2.13. The molecule has 0 saturated carbocycles. The molecule has 5 N–H and O–H groups in total. The molecule has 0 radical (unpaired) electrons. The van der Waals surface area contributed by atoms with Crippen molar-refractivity contribution in [2.24, 2.45) is 11.5 Å². The highest BCUT2D eigenvalue weighted by molar-refractivity contribution is 7.80. The summed E-state index contributed by atoms with van der Waals surface area (Å²) >= 11 is 5.06. The fraction of sp³-hybridized carbons (Fsp3) is 0.214. The number of rotatable bonds is 5. The molecule has 0 bridgehead atoms. The molecule has 1 amide bonds. The van der Waals surface area contributed by atoms with E-state index in [4.69, 9.17) is 23.7 Å². The molecule has 5 nitrogen and oxygen atoms in total. The summed E-state index contributed by atoms with van der Waals surface area (Å²) in [7, 11) is 0. The van der Waals surface area contributed by atoms with Crippen molar-refractivity contribution in [3.05, 3.63) is 35.9 Å². The molecule has 6 heteroatoms. The summed E-state index contributed by atoms with van der Waals surface area (Å²) in [6.07, 6.45) is 0.214. The molecule has 0 spiro atoms. The van der Waals surface area contributed by atoms with Gasteiger partial charge >= 0.3 is 0 Å². The van der Waals surface area contributed by atoms with Crippen LogP contribution < -0.4 is 16.8 Å². The second-order valence-corrected chi connectivity index (χ2v) is 5.10. The second-order valence-electron chi connectivity index (χ2n) is 4.66. The molecule has 1 aromatic carbocycles. The van der Waals surface area contributed by atoms with Gasteiger partial charge in [-0.05, 0) is 19.1 Å². The number of amides is 1. The van der Waals surface area contributed by atoms with Gasteiger partial charge in [-0.3, -0.25) is 4.79 Å². The van der Waals surface area contributed by atoms with Gasteiger partial charge in [-0.25, -0.2) is 4.98 Å². The Bertz CT molecular complexity index is 671. The van der Waals surface area contributed by atoms with Crippen LogP contribution in [0.5, 0.6) is 0 Å². The van der Waals surface area contributed by atoms with E-state index in [1.807, 2.05) is 37.3 Å². The Morgan fingerprint density at radius 3 is 2.75 bits per heavy atom. The lowest BCUT2D eigenvalue weighted by molar-refractivity contribution is -0.118. The number of carbonyl (C=O) groups excluding carboxylic acids is 1. The van der Waals surface area contributed by atoms with Crippen molar-refractivity contribution in [3.63, 3.8) is 0 Å². The monoisotopic (exact) mass is 288 g/mol. The highest BCUT2D eigenvalue weighted by Crippen LogP contribution is 2.21. The molecule has 2 rings (SSSR count). The van der Waals surface area contributed by atoms with Crippen molar-refractivity contribution in [3.8, 4) is 0 Å². The number of fused-ring (bicyclic) bond motifs is 1. The van der Waals surface area contributed by atoms with Crippen LogP contribution in [0.4, 0.5) is 5.82 Å². The molecule has 2 aromatic rings. The number of thiocarbonyl (C=S) groups is 1. The van der Waals surface area contributed by atoms with Crippen molar-refractivity contribution < 1.29 is 4.79 Å². The van der Waals surface area contributed by atoms with Gasteiger partial charge in [-0.2, -0.15) is 0 Å². The SMILES string of the molecule is CC(CC(N)=O)Nc1nc2ccccc2cc1C(N)=S. The van der Waals surface area contributed by atoms with Crippen molar-refractivity contribution in [2.75, 3.05) is 5.32 Å². The molecule has 1 aromatic heterocycles. The van der Waals surface area contributed by atoms with Gasteiger partial charge in [0.05, 0.1) is 11.1 Å². The second kappa shape index (κ2) is 5.83. The zero-order chi connectivity index (χ0) is 14.7. The maximum atomic E-state index is 10.9. The van der Waals surface area contributed by atoms with Crippen LogP contribution in [0, 0.1) is 0 Å². The maximum absolute atomic E-state index is 10.9. The number of anilines is 1. The van der Waals surface area contributed by atoms with Crippen molar-refractivity contribution in [1.82, 2.24) is 4.98 Å². The maximum Gasteiger partial charge on any atom is 0.219 e. The summed E-state index contributed by atoms with van der Waals surface area (Å²) in [5.41, 5.74) is 12.4. The number of nitrogens with two attached hydrogens (primary N) is 2. The van der Waals surface area contributed by atoms with E-state index in [-0.39, 0.29) is 23.4 Å². The number of aromatic nitrogens is 1. The summed E-state index contributed by atoms with van der Waals surface area (Å²) in [6, 6.07) is 9.44. The van der Waals surface area contributed by atoms with Crippen LogP contribution in [0.1, 0.15) is 18.9 Å². The van der Waals surface area contributed by atoms with Crippen LogP contribution in [0.3, 0.4) is 0 Å². The van der Waals surface area contributed by atoms with Crippen LogP contribution in [0.2, 0.25) is 0 Å². The zero-order valence-corrected chi connectivity index (χ0v) is 11.9.